The van der Waals surface area contributed by atoms with Crippen LogP contribution in [0.5, 0.6) is 0 Å². The summed E-state index contributed by atoms with van der Waals surface area (Å²) in [5, 5.41) is 3.91. The second kappa shape index (κ2) is 6.37. The summed E-state index contributed by atoms with van der Waals surface area (Å²) in [6.07, 6.45) is 7.83. The zero-order valence-corrected chi connectivity index (χ0v) is 12.6. The minimum Gasteiger partial charge on any atom is -0.349 e. The number of rotatable bonds is 3. The number of nitrogens with zero attached hydrogens (tertiary/aromatic N) is 2. The van der Waals surface area contributed by atoms with Crippen molar-refractivity contribution in [2.45, 2.75) is 57.0 Å². The van der Waals surface area contributed by atoms with E-state index in [-0.39, 0.29) is 5.91 Å². The fraction of sp³-hybridized carbons (Fsp3) is 0.643. The number of thioether (sulfide) groups is 1. The molecule has 1 N–H and O–H groups in total. The van der Waals surface area contributed by atoms with Crippen LogP contribution in [-0.2, 0) is 0 Å². The van der Waals surface area contributed by atoms with Gasteiger partial charge in [-0.3, -0.25) is 4.79 Å². The summed E-state index contributed by atoms with van der Waals surface area (Å²) >= 11 is 1.50. The third-order valence-corrected chi connectivity index (χ3v) is 4.21. The van der Waals surface area contributed by atoms with Gasteiger partial charge in [0.05, 0.1) is 11.3 Å². The standard InChI is InChI=1S/C14H21N3OS/c1-9-12(14(19-3)16-10(2)15-9)13(18)17-11-7-5-4-6-8-11/h11H,4-8H2,1-3H3,(H,17,18). The summed E-state index contributed by atoms with van der Waals surface area (Å²) in [6.45, 7) is 3.74. The number of aromatic nitrogens is 2. The normalized spacial score (nSPS) is 16.4. The van der Waals surface area contributed by atoms with Gasteiger partial charge in [0.1, 0.15) is 10.9 Å². The van der Waals surface area contributed by atoms with Crippen molar-refractivity contribution in [1.82, 2.24) is 15.3 Å². The zero-order valence-electron chi connectivity index (χ0n) is 11.8. The van der Waals surface area contributed by atoms with Crippen molar-refractivity contribution in [2.24, 2.45) is 0 Å². The molecular weight excluding hydrogens is 258 g/mol. The maximum atomic E-state index is 12.4. The highest BCUT2D eigenvalue weighted by molar-refractivity contribution is 7.98. The van der Waals surface area contributed by atoms with Crippen LogP contribution in [0.3, 0.4) is 0 Å². The molecule has 0 saturated heterocycles. The average Bonchev–Trinajstić information content (AvgIpc) is 2.38. The summed E-state index contributed by atoms with van der Waals surface area (Å²) in [5.41, 5.74) is 1.41. The lowest BCUT2D eigenvalue weighted by molar-refractivity contribution is 0.0922. The first-order valence-electron chi connectivity index (χ1n) is 6.82. The van der Waals surface area contributed by atoms with Crippen molar-refractivity contribution in [3.05, 3.63) is 17.1 Å². The fourth-order valence-electron chi connectivity index (χ4n) is 2.59. The number of aryl methyl sites for hydroxylation is 2. The molecule has 1 fully saturated rings. The smallest absolute Gasteiger partial charge is 0.256 e. The Kier molecular flexibility index (Phi) is 4.80. The van der Waals surface area contributed by atoms with Gasteiger partial charge in [-0.05, 0) is 32.9 Å². The molecule has 1 amide bonds. The van der Waals surface area contributed by atoms with E-state index in [1.54, 1.807) is 0 Å². The monoisotopic (exact) mass is 279 g/mol. The van der Waals surface area contributed by atoms with E-state index in [1.807, 2.05) is 20.1 Å². The van der Waals surface area contributed by atoms with Crippen LogP contribution in [0.25, 0.3) is 0 Å². The lowest BCUT2D eigenvalue weighted by atomic mass is 9.95. The second-order valence-electron chi connectivity index (χ2n) is 5.05. The molecule has 0 spiro atoms. The first-order valence-corrected chi connectivity index (χ1v) is 8.04. The van der Waals surface area contributed by atoms with Gasteiger partial charge in [0.25, 0.3) is 5.91 Å². The first kappa shape index (κ1) is 14.3. The molecule has 4 nitrogen and oxygen atoms in total. The molecule has 1 aromatic heterocycles. The number of nitrogens with one attached hydrogen (secondary N) is 1. The minimum absolute atomic E-state index is 0.0197. The van der Waals surface area contributed by atoms with Crippen LogP contribution in [0.1, 0.15) is 54.0 Å². The molecular formula is C14H21N3OS. The van der Waals surface area contributed by atoms with E-state index in [2.05, 4.69) is 15.3 Å². The highest BCUT2D eigenvalue weighted by Gasteiger charge is 2.21. The third-order valence-electron chi connectivity index (χ3n) is 3.53. The molecule has 0 bridgehead atoms. The van der Waals surface area contributed by atoms with Crippen LogP contribution in [0.2, 0.25) is 0 Å². The number of hydrogen-bond donors (Lipinski definition) is 1. The topological polar surface area (TPSA) is 54.9 Å². The molecule has 1 heterocycles. The Morgan fingerprint density at radius 3 is 2.53 bits per heavy atom. The van der Waals surface area contributed by atoms with Crippen molar-refractivity contribution in [3.8, 4) is 0 Å². The maximum absolute atomic E-state index is 12.4. The van der Waals surface area contributed by atoms with Crippen LogP contribution in [-0.4, -0.2) is 28.2 Å². The molecule has 0 atom stereocenters. The van der Waals surface area contributed by atoms with Crippen molar-refractivity contribution >= 4 is 17.7 Å². The first-order chi connectivity index (χ1) is 9.11. The number of carbonyl (C=O) groups excluding carboxylic acids is 1. The number of carbonyl (C=O) groups is 1. The molecule has 5 heteroatoms. The molecule has 104 valence electrons. The van der Waals surface area contributed by atoms with E-state index in [9.17, 15) is 4.79 Å². The Morgan fingerprint density at radius 1 is 1.21 bits per heavy atom. The lowest BCUT2D eigenvalue weighted by Crippen LogP contribution is -2.37. The molecule has 0 radical (unpaired) electrons. The molecule has 1 aromatic rings. The van der Waals surface area contributed by atoms with E-state index >= 15 is 0 Å². The Hall–Kier alpha value is -1.10. The summed E-state index contributed by atoms with van der Waals surface area (Å²) < 4.78 is 0. The predicted octanol–water partition coefficient (Wildman–Crippen LogP) is 2.88. The van der Waals surface area contributed by atoms with Crippen molar-refractivity contribution in [3.63, 3.8) is 0 Å². The van der Waals surface area contributed by atoms with Gasteiger partial charge >= 0.3 is 0 Å². The SMILES string of the molecule is CSc1nc(C)nc(C)c1C(=O)NC1CCCCC1. The summed E-state index contributed by atoms with van der Waals surface area (Å²) in [7, 11) is 0. The van der Waals surface area contributed by atoms with Gasteiger partial charge in [0, 0.05) is 6.04 Å². The fourth-order valence-corrected chi connectivity index (χ4v) is 3.26. The van der Waals surface area contributed by atoms with Crippen molar-refractivity contribution < 1.29 is 4.79 Å². The van der Waals surface area contributed by atoms with Crippen LogP contribution in [0.15, 0.2) is 5.03 Å². The molecule has 0 aromatic carbocycles. The molecule has 2 rings (SSSR count). The molecule has 1 aliphatic rings. The Balaban J connectivity index is 2.18. The Labute approximate surface area is 118 Å². The quantitative estimate of drug-likeness (QED) is 0.683. The highest BCUT2D eigenvalue weighted by atomic mass is 32.2. The van der Waals surface area contributed by atoms with Gasteiger partial charge in [-0.15, -0.1) is 11.8 Å². The summed E-state index contributed by atoms with van der Waals surface area (Å²) in [6, 6.07) is 0.316. The van der Waals surface area contributed by atoms with E-state index in [0.29, 0.717) is 11.6 Å². The van der Waals surface area contributed by atoms with Gasteiger partial charge in [0.2, 0.25) is 0 Å². The average molecular weight is 279 g/mol. The Morgan fingerprint density at radius 2 is 1.89 bits per heavy atom. The zero-order chi connectivity index (χ0) is 13.8. The summed E-state index contributed by atoms with van der Waals surface area (Å²) in [4.78, 5) is 21.1. The van der Waals surface area contributed by atoms with Gasteiger partial charge in [-0.25, -0.2) is 9.97 Å². The van der Waals surface area contributed by atoms with Crippen molar-refractivity contribution in [2.75, 3.05) is 6.26 Å². The number of amides is 1. The van der Waals surface area contributed by atoms with E-state index < -0.39 is 0 Å². The van der Waals surface area contributed by atoms with E-state index in [4.69, 9.17) is 0 Å². The molecule has 1 aliphatic carbocycles. The Bertz CT molecular complexity index is 470. The molecule has 0 unspecified atom stereocenters. The van der Waals surface area contributed by atoms with Crippen molar-refractivity contribution in [1.29, 1.82) is 0 Å². The lowest BCUT2D eigenvalue weighted by Gasteiger charge is -2.23. The highest BCUT2D eigenvalue weighted by Crippen LogP contribution is 2.22. The van der Waals surface area contributed by atoms with Crippen LogP contribution in [0.4, 0.5) is 0 Å². The predicted molar refractivity (Wildman–Crippen MR) is 77.6 cm³/mol. The molecule has 0 aliphatic heterocycles. The van der Waals surface area contributed by atoms with Crippen LogP contribution < -0.4 is 5.32 Å². The van der Waals surface area contributed by atoms with Gasteiger partial charge < -0.3 is 5.32 Å². The van der Waals surface area contributed by atoms with E-state index in [0.717, 1.165) is 29.4 Å². The van der Waals surface area contributed by atoms with Crippen LogP contribution >= 0.6 is 11.8 Å². The summed E-state index contributed by atoms with van der Waals surface area (Å²) in [5.74, 6) is 0.699. The van der Waals surface area contributed by atoms with Gasteiger partial charge in [0.15, 0.2) is 0 Å². The van der Waals surface area contributed by atoms with Gasteiger partial charge in [-0.2, -0.15) is 0 Å². The second-order valence-corrected chi connectivity index (χ2v) is 5.84. The molecule has 19 heavy (non-hydrogen) atoms. The molecule has 1 saturated carbocycles. The largest absolute Gasteiger partial charge is 0.349 e. The van der Waals surface area contributed by atoms with E-state index in [1.165, 1.54) is 31.0 Å². The maximum Gasteiger partial charge on any atom is 0.256 e. The van der Waals surface area contributed by atoms with Crippen LogP contribution in [0, 0.1) is 13.8 Å². The third kappa shape index (κ3) is 3.47. The van der Waals surface area contributed by atoms with Gasteiger partial charge in [-0.1, -0.05) is 19.3 Å². The minimum atomic E-state index is -0.0197. The number of hydrogen-bond acceptors (Lipinski definition) is 4.